The van der Waals surface area contributed by atoms with Crippen LogP contribution in [0.25, 0.3) is 0 Å². The van der Waals surface area contributed by atoms with E-state index in [0.717, 1.165) is 0 Å². The summed E-state index contributed by atoms with van der Waals surface area (Å²) in [6.07, 6.45) is 0.195. The molecule has 0 aromatic heterocycles. The molecular weight excluding hydrogens is 167 g/mol. The summed E-state index contributed by atoms with van der Waals surface area (Å²) in [6, 6.07) is 0. The Morgan fingerprint density at radius 1 is 1.27 bits per heavy atom. The number of fused-ring (bicyclic) bond motifs is 3. The van der Waals surface area contributed by atoms with Gasteiger partial charge in [0.1, 0.15) is 0 Å². The quantitative estimate of drug-likeness (QED) is 0.590. The second kappa shape index (κ2) is 2.96. The lowest BCUT2D eigenvalue weighted by molar-refractivity contribution is -0.361. The Balaban J connectivity index is 2.00. The fourth-order valence-electron chi connectivity index (χ4n) is 1.27. The summed E-state index contributed by atoms with van der Waals surface area (Å²) in [5.74, 6) is 0. The van der Waals surface area contributed by atoms with Crippen molar-refractivity contribution in [2.75, 3.05) is 26.2 Å². The first-order chi connectivity index (χ1) is 5.35. The predicted octanol–water partition coefficient (Wildman–Crippen LogP) is -0.286. The molecule has 3 heterocycles. The predicted molar refractivity (Wildman–Crippen MR) is 39.8 cm³/mol. The fourth-order valence-corrected chi connectivity index (χ4v) is 2.16. The average Bonchev–Trinajstić information content (AvgIpc) is 2.07. The molecule has 3 aliphatic rings. The topological polar surface area (TPSA) is 47.9 Å². The Bertz CT molecular complexity index is 124. The van der Waals surface area contributed by atoms with E-state index in [1.165, 1.54) is 0 Å². The van der Waals surface area contributed by atoms with Crippen LogP contribution < -0.4 is 0 Å². The average molecular weight is 178 g/mol. The van der Waals surface area contributed by atoms with E-state index in [2.05, 4.69) is 0 Å². The molecule has 0 spiro atoms. The highest BCUT2D eigenvalue weighted by atomic mass is 31.1. The van der Waals surface area contributed by atoms with Crippen molar-refractivity contribution in [1.82, 2.24) is 0 Å². The first-order valence-electron chi connectivity index (χ1n) is 3.55. The van der Waals surface area contributed by atoms with Crippen LogP contribution in [0.15, 0.2) is 0 Å². The first kappa shape index (κ1) is 7.90. The Kier molecular flexibility index (Phi) is 2.12. The number of ether oxygens (including phenoxy) is 3. The maximum atomic E-state index is 8.78. The molecule has 0 saturated carbocycles. The van der Waals surface area contributed by atoms with Gasteiger partial charge in [-0.1, -0.05) is 8.58 Å². The van der Waals surface area contributed by atoms with Crippen molar-refractivity contribution >= 4 is 8.58 Å². The summed E-state index contributed by atoms with van der Waals surface area (Å²) in [5, 5.41) is 8.73. The van der Waals surface area contributed by atoms with Crippen molar-refractivity contribution in [3.05, 3.63) is 0 Å². The fraction of sp³-hybridized carbons (Fsp3) is 1.00. The molecular formula is C6H11O4P. The van der Waals surface area contributed by atoms with Crippen LogP contribution in [0.4, 0.5) is 0 Å². The minimum absolute atomic E-state index is 0.0521. The molecule has 0 radical (unpaired) electrons. The third-order valence-corrected chi connectivity index (χ3v) is 3.28. The van der Waals surface area contributed by atoms with Gasteiger partial charge >= 0.3 is 0 Å². The molecule has 4 nitrogen and oxygen atoms in total. The van der Waals surface area contributed by atoms with Crippen molar-refractivity contribution in [3.63, 3.8) is 0 Å². The second-order valence-corrected chi connectivity index (χ2v) is 4.57. The van der Waals surface area contributed by atoms with Gasteiger partial charge < -0.3 is 19.3 Å². The number of rotatable bonds is 2. The third-order valence-electron chi connectivity index (χ3n) is 1.94. The number of aliphatic hydroxyl groups is 1. The summed E-state index contributed by atoms with van der Waals surface area (Å²) in [5.41, 5.74) is 0. The van der Waals surface area contributed by atoms with Crippen molar-refractivity contribution in [2.24, 2.45) is 0 Å². The number of hydrogen-bond acceptors (Lipinski definition) is 4. The Hall–Kier alpha value is 0.270. The van der Waals surface area contributed by atoms with Gasteiger partial charge in [-0.2, -0.15) is 0 Å². The molecule has 1 N–H and O–H groups in total. The molecule has 0 aromatic carbocycles. The van der Waals surface area contributed by atoms with Gasteiger partial charge in [-0.25, -0.2) is 0 Å². The van der Waals surface area contributed by atoms with E-state index >= 15 is 0 Å². The van der Waals surface area contributed by atoms with Gasteiger partial charge in [0.25, 0.3) is 6.48 Å². The smallest absolute Gasteiger partial charge is 0.271 e. The SMILES string of the molecule is OCPC12COC(OC1)OC2. The largest absolute Gasteiger partial charge is 0.392 e. The van der Waals surface area contributed by atoms with Crippen LogP contribution in [0, 0.1) is 0 Å². The zero-order chi connectivity index (χ0) is 7.73. The lowest BCUT2D eigenvalue weighted by Crippen LogP contribution is -2.54. The van der Waals surface area contributed by atoms with Crippen LogP contribution in [-0.4, -0.2) is 42.9 Å². The first-order valence-corrected chi connectivity index (χ1v) is 4.76. The van der Waals surface area contributed by atoms with Crippen molar-refractivity contribution in [1.29, 1.82) is 0 Å². The van der Waals surface area contributed by atoms with Gasteiger partial charge in [0.15, 0.2) is 0 Å². The second-order valence-electron chi connectivity index (χ2n) is 2.84. The molecule has 3 saturated heterocycles. The molecule has 0 aliphatic carbocycles. The molecule has 3 rings (SSSR count). The zero-order valence-electron chi connectivity index (χ0n) is 6.08. The summed E-state index contributed by atoms with van der Waals surface area (Å²) in [7, 11) is 0.453. The summed E-state index contributed by atoms with van der Waals surface area (Å²) in [6.45, 7) is 1.55. The Morgan fingerprint density at radius 3 is 2.27 bits per heavy atom. The van der Waals surface area contributed by atoms with Crippen LogP contribution in [0.2, 0.25) is 0 Å². The molecule has 3 aliphatic heterocycles. The van der Waals surface area contributed by atoms with Gasteiger partial charge in [-0.15, -0.1) is 0 Å². The van der Waals surface area contributed by atoms with E-state index < -0.39 is 6.48 Å². The van der Waals surface area contributed by atoms with Crippen molar-refractivity contribution in [3.8, 4) is 0 Å². The highest BCUT2D eigenvalue weighted by Gasteiger charge is 2.43. The minimum atomic E-state index is -0.444. The van der Waals surface area contributed by atoms with Gasteiger partial charge in [0.2, 0.25) is 0 Å². The molecule has 0 amide bonds. The van der Waals surface area contributed by atoms with Crippen LogP contribution in [0.5, 0.6) is 0 Å². The summed E-state index contributed by atoms with van der Waals surface area (Å²) < 4.78 is 15.6. The van der Waals surface area contributed by atoms with Crippen LogP contribution >= 0.6 is 8.58 Å². The van der Waals surface area contributed by atoms with E-state index in [1.807, 2.05) is 0 Å². The van der Waals surface area contributed by atoms with E-state index in [0.29, 0.717) is 28.4 Å². The standard InChI is InChI=1S/C6H11O4P/c7-4-11-6-1-8-5(9-2-6)10-3-6/h5,7,11H,1-4H2. The van der Waals surface area contributed by atoms with Crippen LogP contribution in [-0.2, 0) is 14.2 Å². The van der Waals surface area contributed by atoms with E-state index in [9.17, 15) is 0 Å². The van der Waals surface area contributed by atoms with Crippen molar-refractivity contribution in [2.45, 2.75) is 11.6 Å². The van der Waals surface area contributed by atoms with Gasteiger partial charge in [0, 0.05) is 0 Å². The normalized spacial score (nSPS) is 43.9. The highest BCUT2D eigenvalue weighted by molar-refractivity contribution is 7.39. The maximum Gasteiger partial charge on any atom is 0.271 e. The number of hydrogen-bond donors (Lipinski definition) is 1. The monoisotopic (exact) mass is 178 g/mol. The molecule has 3 fully saturated rings. The lowest BCUT2D eigenvalue weighted by atomic mass is 10.1. The van der Waals surface area contributed by atoms with Crippen molar-refractivity contribution < 1.29 is 19.3 Å². The highest BCUT2D eigenvalue weighted by Crippen LogP contribution is 2.39. The van der Waals surface area contributed by atoms with Gasteiger partial charge in [0.05, 0.1) is 31.3 Å². The molecule has 0 aromatic rings. The van der Waals surface area contributed by atoms with Gasteiger partial charge in [-0.3, -0.25) is 0 Å². The van der Waals surface area contributed by atoms with E-state index in [1.54, 1.807) is 0 Å². The van der Waals surface area contributed by atoms with Gasteiger partial charge in [-0.05, 0) is 0 Å². The lowest BCUT2D eigenvalue weighted by Gasteiger charge is -2.44. The third kappa shape index (κ3) is 1.42. The molecule has 2 bridgehead atoms. The Labute approximate surface area is 66.6 Å². The summed E-state index contributed by atoms with van der Waals surface area (Å²) >= 11 is 0. The van der Waals surface area contributed by atoms with E-state index in [4.69, 9.17) is 19.3 Å². The summed E-state index contributed by atoms with van der Waals surface area (Å²) in [4.78, 5) is 0. The molecule has 64 valence electrons. The zero-order valence-corrected chi connectivity index (χ0v) is 7.08. The molecule has 5 heteroatoms. The van der Waals surface area contributed by atoms with Crippen LogP contribution in [0.3, 0.4) is 0 Å². The minimum Gasteiger partial charge on any atom is -0.392 e. The number of aliphatic hydroxyl groups excluding tert-OH is 1. The maximum absolute atomic E-state index is 8.78. The van der Waals surface area contributed by atoms with Crippen LogP contribution in [0.1, 0.15) is 0 Å². The Morgan fingerprint density at radius 2 is 1.82 bits per heavy atom. The molecule has 1 atom stereocenters. The molecule has 11 heavy (non-hydrogen) atoms. The molecule has 1 unspecified atom stereocenters. The van der Waals surface area contributed by atoms with E-state index in [-0.39, 0.29) is 11.5 Å².